The van der Waals surface area contributed by atoms with E-state index >= 15 is 0 Å². The second kappa shape index (κ2) is 7.57. The lowest BCUT2D eigenvalue weighted by molar-refractivity contribution is 0.420. The number of nitrogens with zero attached hydrogens (tertiary/aromatic N) is 1. The summed E-state index contributed by atoms with van der Waals surface area (Å²) in [5.41, 5.74) is 4.74. The molecule has 3 aromatic carbocycles. The zero-order valence-corrected chi connectivity index (χ0v) is 14.0. The maximum absolute atomic E-state index is 5.40. The molecule has 0 aliphatic heterocycles. The summed E-state index contributed by atoms with van der Waals surface area (Å²) >= 11 is 5.23. The fourth-order valence-corrected chi connectivity index (χ4v) is 2.60. The normalized spacial score (nSPS) is 10.7. The lowest BCUT2D eigenvalue weighted by Crippen LogP contribution is -2.23. The van der Waals surface area contributed by atoms with E-state index in [-0.39, 0.29) is 0 Å². The van der Waals surface area contributed by atoms with Crippen LogP contribution in [0.4, 0.5) is 5.69 Å². The second-order valence-electron chi connectivity index (χ2n) is 5.09. The zero-order valence-electron chi connectivity index (χ0n) is 13.2. The van der Waals surface area contributed by atoms with Gasteiger partial charge in [-0.3, -0.25) is 5.43 Å². The van der Waals surface area contributed by atoms with Gasteiger partial charge in [-0.2, -0.15) is 5.10 Å². The lowest BCUT2D eigenvalue weighted by atomic mass is 10.0. The number of thiocarbonyl (C=S) groups is 1. The Hall–Kier alpha value is -2.92. The molecule has 0 saturated carbocycles. The van der Waals surface area contributed by atoms with Gasteiger partial charge in [0.15, 0.2) is 5.11 Å². The Morgan fingerprint density at radius 1 is 0.958 bits per heavy atom. The van der Waals surface area contributed by atoms with Crippen LogP contribution in [-0.4, -0.2) is 18.4 Å². The van der Waals surface area contributed by atoms with E-state index in [0.29, 0.717) is 5.11 Å². The maximum atomic E-state index is 5.40. The molecule has 0 fully saturated rings. The first kappa shape index (κ1) is 16.0. The molecule has 5 heteroatoms. The van der Waals surface area contributed by atoms with Crippen molar-refractivity contribution in [1.29, 1.82) is 0 Å². The number of rotatable bonds is 4. The molecule has 0 atom stereocenters. The highest BCUT2D eigenvalue weighted by Gasteiger charge is 2.04. The van der Waals surface area contributed by atoms with Crippen LogP contribution in [0.3, 0.4) is 0 Å². The van der Waals surface area contributed by atoms with Crippen molar-refractivity contribution < 1.29 is 4.74 Å². The molecule has 0 aromatic heterocycles. The van der Waals surface area contributed by atoms with E-state index in [9.17, 15) is 0 Å². The van der Waals surface area contributed by atoms with Crippen molar-refractivity contribution in [3.05, 3.63) is 72.3 Å². The first-order valence-electron chi connectivity index (χ1n) is 7.49. The Kier molecular flexibility index (Phi) is 5.03. The van der Waals surface area contributed by atoms with E-state index in [4.69, 9.17) is 17.0 Å². The van der Waals surface area contributed by atoms with Gasteiger partial charge >= 0.3 is 0 Å². The van der Waals surface area contributed by atoms with Crippen molar-refractivity contribution in [3.8, 4) is 5.75 Å². The fourth-order valence-electron chi connectivity index (χ4n) is 2.43. The summed E-state index contributed by atoms with van der Waals surface area (Å²) in [6, 6.07) is 21.7. The number of fused-ring (bicyclic) bond motifs is 1. The molecule has 24 heavy (non-hydrogen) atoms. The van der Waals surface area contributed by atoms with Crippen LogP contribution < -0.4 is 15.5 Å². The van der Waals surface area contributed by atoms with E-state index in [0.717, 1.165) is 27.8 Å². The van der Waals surface area contributed by atoms with Crippen LogP contribution in [0.1, 0.15) is 5.56 Å². The van der Waals surface area contributed by atoms with Gasteiger partial charge in [-0.1, -0.05) is 42.5 Å². The largest absolute Gasteiger partial charge is 0.496 e. The Morgan fingerprint density at radius 3 is 2.42 bits per heavy atom. The van der Waals surface area contributed by atoms with Gasteiger partial charge in [-0.15, -0.1) is 0 Å². The molecular weight excluding hydrogens is 318 g/mol. The number of hydrazone groups is 1. The topological polar surface area (TPSA) is 45.6 Å². The van der Waals surface area contributed by atoms with Gasteiger partial charge in [0.05, 0.1) is 13.3 Å². The molecule has 0 spiro atoms. The third kappa shape index (κ3) is 3.70. The zero-order chi connectivity index (χ0) is 16.8. The van der Waals surface area contributed by atoms with Crippen LogP contribution in [0.5, 0.6) is 5.75 Å². The minimum Gasteiger partial charge on any atom is -0.496 e. The molecular formula is C19H17N3OS. The molecule has 2 N–H and O–H groups in total. The number of ether oxygens (including phenoxy) is 1. The Bertz CT molecular complexity index is 878. The van der Waals surface area contributed by atoms with Crippen molar-refractivity contribution in [2.75, 3.05) is 12.4 Å². The molecule has 3 aromatic rings. The molecule has 0 bridgehead atoms. The summed E-state index contributed by atoms with van der Waals surface area (Å²) < 4.78 is 5.40. The summed E-state index contributed by atoms with van der Waals surface area (Å²) in [4.78, 5) is 0. The highest BCUT2D eigenvalue weighted by atomic mass is 32.1. The van der Waals surface area contributed by atoms with Crippen LogP contribution in [0.25, 0.3) is 10.8 Å². The van der Waals surface area contributed by atoms with Gasteiger partial charge in [-0.25, -0.2) is 0 Å². The number of nitrogens with one attached hydrogen (secondary N) is 2. The molecule has 120 valence electrons. The highest BCUT2D eigenvalue weighted by molar-refractivity contribution is 7.80. The molecule has 0 saturated heterocycles. The molecule has 0 aliphatic carbocycles. The SMILES string of the molecule is COc1ccc(/C=N/NC(=S)Nc2ccccc2)c2ccccc12. The first-order chi connectivity index (χ1) is 11.8. The predicted octanol–water partition coefficient (Wildman–Crippen LogP) is 4.17. The molecule has 4 nitrogen and oxygen atoms in total. The van der Waals surface area contributed by atoms with Gasteiger partial charge in [0, 0.05) is 16.6 Å². The minimum absolute atomic E-state index is 0.440. The van der Waals surface area contributed by atoms with Crippen molar-refractivity contribution in [2.45, 2.75) is 0 Å². The standard InChI is InChI=1S/C19H17N3OS/c1-23-18-12-11-14(16-9-5-6-10-17(16)18)13-20-22-19(24)21-15-7-3-2-4-8-15/h2-13H,1H3,(H2,21,22,24)/b20-13+. The molecule has 0 amide bonds. The summed E-state index contributed by atoms with van der Waals surface area (Å²) in [5, 5.41) is 9.86. The Morgan fingerprint density at radius 2 is 1.67 bits per heavy atom. The molecule has 0 radical (unpaired) electrons. The Balaban J connectivity index is 1.73. The van der Waals surface area contributed by atoms with E-state index in [1.807, 2.05) is 66.7 Å². The first-order valence-corrected chi connectivity index (χ1v) is 7.89. The number of hydrogen-bond donors (Lipinski definition) is 2. The monoisotopic (exact) mass is 335 g/mol. The van der Waals surface area contributed by atoms with Gasteiger partial charge in [0.2, 0.25) is 0 Å². The number of hydrogen-bond acceptors (Lipinski definition) is 3. The molecule has 0 unspecified atom stereocenters. The average Bonchev–Trinajstić information content (AvgIpc) is 2.62. The average molecular weight is 335 g/mol. The van der Waals surface area contributed by atoms with Gasteiger partial charge < -0.3 is 10.1 Å². The third-order valence-electron chi connectivity index (χ3n) is 3.54. The van der Waals surface area contributed by atoms with Crippen molar-refractivity contribution in [3.63, 3.8) is 0 Å². The summed E-state index contributed by atoms with van der Waals surface area (Å²) in [5.74, 6) is 0.844. The molecule has 0 aliphatic rings. The molecule has 3 rings (SSSR count). The van der Waals surface area contributed by atoms with E-state index < -0.39 is 0 Å². The van der Waals surface area contributed by atoms with E-state index in [1.54, 1.807) is 13.3 Å². The minimum atomic E-state index is 0.440. The summed E-state index contributed by atoms with van der Waals surface area (Å²) in [6.45, 7) is 0. The predicted molar refractivity (Wildman–Crippen MR) is 104 cm³/mol. The van der Waals surface area contributed by atoms with Crippen molar-refractivity contribution in [1.82, 2.24) is 5.43 Å². The number of methoxy groups -OCH3 is 1. The van der Waals surface area contributed by atoms with Gasteiger partial charge in [-0.05, 0) is 41.9 Å². The van der Waals surface area contributed by atoms with E-state index in [1.165, 1.54) is 0 Å². The second-order valence-corrected chi connectivity index (χ2v) is 5.50. The highest BCUT2D eigenvalue weighted by Crippen LogP contribution is 2.27. The van der Waals surface area contributed by atoms with Crippen LogP contribution in [0.2, 0.25) is 0 Å². The van der Waals surface area contributed by atoms with Crippen molar-refractivity contribution in [2.24, 2.45) is 5.10 Å². The maximum Gasteiger partial charge on any atom is 0.191 e. The lowest BCUT2D eigenvalue weighted by Gasteiger charge is -2.08. The fraction of sp³-hybridized carbons (Fsp3) is 0.0526. The van der Waals surface area contributed by atoms with Crippen LogP contribution in [0, 0.1) is 0 Å². The molecule has 0 heterocycles. The third-order valence-corrected chi connectivity index (χ3v) is 3.73. The number of benzene rings is 3. The van der Waals surface area contributed by atoms with Gasteiger partial charge in [0.25, 0.3) is 0 Å². The smallest absolute Gasteiger partial charge is 0.191 e. The Labute approximate surface area is 146 Å². The number of para-hydroxylation sites is 1. The summed E-state index contributed by atoms with van der Waals surface area (Å²) in [6.07, 6.45) is 1.75. The van der Waals surface area contributed by atoms with E-state index in [2.05, 4.69) is 15.8 Å². The quantitative estimate of drug-likeness (QED) is 0.427. The van der Waals surface area contributed by atoms with Crippen LogP contribution in [0.15, 0.2) is 71.8 Å². The summed E-state index contributed by atoms with van der Waals surface area (Å²) in [7, 11) is 1.67. The van der Waals surface area contributed by atoms with Crippen LogP contribution in [-0.2, 0) is 0 Å². The number of anilines is 1. The van der Waals surface area contributed by atoms with Crippen molar-refractivity contribution >= 4 is 40.0 Å². The van der Waals surface area contributed by atoms with Crippen LogP contribution >= 0.6 is 12.2 Å². The van der Waals surface area contributed by atoms with Gasteiger partial charge in [0.1, 0.15) is 5.75 Å².